The molecule has 5 nitrogen and oxygen atoms in total. The predicted octanol–water partition coefficient (Wildman–Crippen LogP) is 2.38. The molecular formula is C14H17N3O2. The molecule has 2 aromatic rings. The zero-order valence-corrected chi connectivity index (χ0v) is 11.3. The number of rotatable bonds is 4. The Balaban J connectivity index is 2.07. The minimum atomic E-state index is -0.179. The smallest absolute Gasteiger partial charge is 0.256 e. The van der Waals surface area contributed by atoms with Gasteiger partial charge < -0.3 is 10.1 Å². The molecule has 0 unspecified atom stereocenters. The predicted molar refractivity (Wildman–Crippen MR) is 73.5 cm³/mol. The average Bonchev–Trinajstić information content (AvgIpc) is 2.69. The number of aromatic nitrogens is 2. The number of amides is 1. The number of anilines is 1. The van der Waals surface area contributed by atoms with Crippen molar-refractivity contribution >= 4 is 11.7 Å². The third kappa shape index (κ3) is 3.13. The Labute approximate surface area is 112 Å². The first-order valence-corrected chi connectivity index (χ1v) is 6.15. The summed E-state index contributed by atoms with van der Waals surface area (Å²) < 4.78 is 7.05. The van der Waals surface area contributed by atoms with Gasteiger partial charge in [-0.1, -0.05) is 0 Å². The van der Waals surface area contributed by atoms with E-state index in [-0.39, 0.29) is 5.91 Å². The van der Waals surface area contributed by atoms with E-state index in [1.807, 2.05) is 27.0 Å². The van der Waals surface area contributed by atoms with Crippen molar-refractivity contribution in [1.82, 2.24) is 9.78 Å². The van der Waals surface area contributed by atoms with Crippen molar-refractivity contribution in [3.8, 4) is 5.75 Å². The molecule has 0 bridgehead atoms. The average molecular weight is 259 g/mol. The molecule has 0 saturated heterocycles. The number of carbonyl (C=O) groups is 1. The lowest BCUT2D eigenvalue weighted by atomic mass is 10.2. The van der Waals surface area contributed by atoms with E-state index in [0.717, 1.165) is 11.4 Å². The molecule has 0 radical (unpaired) electrons. The summed E-state index contributed by atoms with van der Waals surface area (Å²) >= 11 is 0. The molecule has 100 valence electrons. The van der Waals surface area contributed by atoms with Crippen LogP contribution in [0.5, 0.6) is 5.75 Å². The second-order valence-electron chi connectivity index (χ2n) is 4.21. The Kier molecular flexibility index (Phi) is 3.85. The van der Waals surface area contributed by atoms with Crippen LogP contribution in [0.1, 0.15) is 23.0 Å². The summed E-state index contributed by atoms with van der Waals surface area (Å²) in [7, 11) is 1.84. The molecule has 5 heteroatoms. The van der Waals surface area contributed by atoms with Crippen LogP contribution in [-0.4, -0.2) is 22.3 Å². The van der Waals surface area contributed by atoms with Gasteiger partial charge in [-0.05, 0) is 38.1 Å². The quantitative estimate of drug-likeness (QED) is 0.917. The number of aryl methyl sites for hydroxylation is 2. The van der Waals surface area contributed by atoms with Crippen LogP contribution in [0.15, 0.2) is 30.3 Å². The van der Waals surface area contributed by atoms with E-state index in [2.05, 4.69) is 10.4 Å². The van der Waals surface area contributed by atoms with Gasteiger partial charge >= 0.3 is 0 Å². The van der Waals surface area contributed by atoms with Crippen LogP contribution in [0.25, 0.3) is 0 Å². The van der Waals surface area contributed by atoms with Gasteiger partial charge in [0.15, 0.2) is 5.82 Å². The van der Waals surface area contributed by atoms with Crippen LogP contribution < -0.4 is 10.1 Å². The zero-order chi connectivity index (χ0) is 13.8. The van der Waals surface area contributed by atoms with E-state index in [0.29, 0.717) is 18.0 Å². The first-order chi connectivity index (χ1) is 9.10. The fraction of sp³-hybridized carbons (Fsp3) is 0.286. The summed E-state index contributed by atoms with van der Waals surface area (Å²) in [5, 5.41) is 6.94. The Hall–Kier alpha value is -2.30. The fourth-order valence-electron chi connectivity index (χ4n) is 1.68. The van der Waals surface area contributed by atoms with Crippen LogP contribution in [-0.2, 0) is 7.05 Å². The van der Waals surface area contributed by atoms with Gasteiger partial charge in [-0.3, -0.25) is 9.48 Å². The van der Waals surface area contributed by atoms with Crippen molar-refractivity contribution in [3.63, 3.8) is 0 Å². The lowest BCUT2D eigenvalue weighted by Crippen LogP contribution is -2.12. The molecule has 1 heterocycles. The number of nitrogens with one attached hydrogen (secondary N) is 1. The first-order valence-electron chi connectivity index (χ1n) is 6.15. The van der Waals surface area contributed by atoms with E-state index in [1.165, 1.54) is 0 Å². The highest BCUT2D eigenvalue weighted by Gasteiger charge is 2.08. The molecule has 1 amide bonds. The molecule has 0 atom stereocenters. The maximum Gasteiger partial charge on any atom is 0.256 e. The Morgan fingerprint density at radius 1 is 1.37 bits per heavy atom. The summed E-state index contributed by atoms with van der Waals surface area (Å²) in [6, 6.07) is 8.85. The van der Waals surface area contributed by atoms with E-state index >= 15 is 0 Å². The third-order valence-electron chi connectivity index (χ3n) is 2.78. The number of hydrogen-bond acceptors (Lipinski definition) is 3. The largest absolute Gasteiger partial charge is 0.494 e. The van der Waals surface area contributed by atoms with Crippen LogP contribution in [0.2, 0.25) is 0 Å². The van der Waals surface area contributed by atoms with Crippen LogP contribution in [0.3, 0.4) is 0 Å². The zero-order valence-electron chi connectivity index (χ0n) is 11.3. The minimum absolute atomic E-state index is 0.179. The van der Waals surface area contributed by atoms with E-state index in [9.17, 15) is 4.79 Å². The van der Waals surface area contributed by atoms with Crippen molar-refractivity contribution in [2.24, 2.45) is 7.05 Å². The highest BCUT2D eigenvalue weighted by atomic mass is 16.5. The summed E-state index contributed by atoms with van der Waals surface area (Å²) in [6.07, 6.45) is 0. The maximum atomic E-state index is 12.0. The van der Waals surface area contributed by atoms with Crippen LogP contribution in [0, 0.1) is 6.92 Å². The molecule has 0 aliphatic carbocycles. The number of nitrogens with zero attached hydrogens (tertiary/aromatic N) is 2. The van der Waals surface area contributed by atoms with Gasteiger partial charge in [-0.25, -0.2) is 0 Å². The molecular weight excluding hydrogens is 242 g/mol. The fourth-order valence-corrected chi connectivity index (χ4v) is 1.68. The van der Waals surface area contributed by atoms with Gasteiger partial charge in [0.05, 0.1) is 6.61 Å². The molecule has 0 aliphatic heterocycles. The summed E-state index contributed by atoms with van der Waals surface area (Å²) in [5.41, 5.74) is 1.56. The lowest BCUT2D eigenvalue weighted by molar-refractivity contribution is 0.102. The molecule has 1 N–H and O–H groups in total. The first kappa shape index (κ1) is 13.1. The lowest BCUT2D eigenvalue weighted by Gasteiger charge is -2.04. The summed E-state index contributed by atoms with van der Waals surface area (Å²) in [5.74, 6) is 1.13. The van der Waals surface area contributed by atoms with Crippen molar-refractivity contribution in [1.29, 1.82) is 0 Å². The second kappa shape index (κ2) is 5.56. The molecule has 1 aromatic carbocycles. The molecule has 0 fully saturated rings. The van der Waals surface area contributed by atoms with Crippen molar-refractivity contribution in [3.05, 3.63) is 41.6 Å². The molecule has 0 saturated carbocycles. The van der Waals surface area contributed by atoms with E-state index in [1.54, 1.807) is 28.9 Å². The standard InChI is InChI=1S/C14H17N3O2/c1-4-19-12-7-5-11(6-8-12)14(18)15-13-9-10(2)17(3)16-13/h5-9H,4H2,1-3H3,(H,15,16,18). The van der Waals surface area contributed by atoms with Gasteiger partial charge in [0, 0.05) is 24.4 Å². The summed E-state index contributed by atoms with van der Waals surface area (Å²) in [6.45, 7) is 4.46. The van der Waals surface area contributed by atoms with Gasteiger partial charge in [0.1, 0.15) is 5.75 Å². The van der Waals surface area contributed by atoms with E-state index in [4.69, 9.17) is 4.74 Å². The highest BCUT2D eigenvalue weighted by molar-refractivity contribution is 6.03. The molecule has 0 aliphatic rings. The van der Waals surface area contributed by atoms with Gasteiger partial charge in [-0.2, -0.15) is 5.10 Å². The molecule has 2 rings (SSSR count). The molecule has 0 spiro atoms. The Morgan fingerprint density at radius 3 is 2.58 bits per heavy atom. The maximum absolute atomic E-state index is 12.0. The Morgan fingerprint density at radius 2 is 2.05 bits per heavy atom. The minimum Gasteiger partial charge on any atom is -0.494 e. The Bertz CT molecular complexity index is 553. The number of ether oxygens (including phenoxy) is 1. The monoisotopic (exact) mass is 259 g/mol. The normalized spacial score (nSPS) is 10.3. The van der Waals surface area contributed by atoms with Crippen molar-refractivity contribution in [2.45, 2.75) is 13.8 Å². The van der Waals surface area contributed by atoms with Crippen molar-refractivity contribution in [2.75, 3.05) is 11.9 Å². The van der Waals surface area contributed by atoms with Gasteiger partial charge in [-0.15, -0.1) is 0 Å². The summed E-state index contributed by atoms with van der Waals surface area (Å²) in [4.78, 5) is 12.0. The van der Waals surface area contributed by atoms with Crippen LogP contribution >= 0.6 is 0 Å². The number of hydrogen-bond donors (Lipinski definition) is 1. The molecule has 1 aromatic heterocycles. The van der Waals surface area contributed by atoms with E-state index < -0.39 is 0 Å². The highest BCUT2D eigenvalue weighted by Crippen LogP contribution is 2.14. The molecule has 19 heavy (non-hydrogen) atoms. The third-order valence-corrected chi connectivity index (χ3v) is 2.78. The number of carbonyl (C=O) groups excluding carboxylic acids is 1. The topological polar surface area (TPSA) is 56.1 Å². The van der Waals surface area contributed by atoms with Crippen molar-refractivity contribution < 1.29 is 9.53 Å². The SMILES string of the molecule is CCOc1ccc(C(=O)Nc2cc(C)n(C)n2)cc1. The van der Waals surface area contributed by atoms with Gasteiger partial charge in [0.2, 0.25) is 0 Å². The van der Waals surface area contributed by atoms with Gasteiger partial charge in [0.25, 0.3) is 5.91 Å². The number of benzene rings is 1. The van der Waals surface area contributed by atoms with Crippen LogP contribution in [0.4, 0.5) is 5.82 Å². The second-order valence-corrected chi connectivity index (χ2v) is 4.21.